The fourth-order valence-electron chi connectivity index (χ4n) is 1.37. The molecule has 78 valence electrons. The highest BCUT2D eigenvalue weighted by Crippen LogP contribution is 2.26. The topological polar surface area (TPSA) is 46.2 Å². The van der Waals surface area contributed by atoms with Gasteiger partial charge in [0.15, 0.2) is 0 Å². The quantitative estimate of drug-likeness (QED) is 0.756. The number of aromatic hydroxyl groups is 1. The van der Waals surface area contributed by atoms with Crippen LogP contribution in [0.4, 0.5) is 0 Å². The zero-order valence-electron chi connectivity index (χ0n) is 8.39. The summed E-state index contributed by atoms with van der Waals surface area (Å²) in [5.41, 5.74) is 7.22. The number of aryl methyl sites for hydroxylation is 2. The summed E-state index contributed by atoms with van der Waals surface area (Å²) in [6.07, 6.45) is 2.80. The number of hydrogen-bond acceptors (Lipinski definition) is 2. The zero-order valence-corrected chi connectivity index (χ0v) is 9.14. The third-order valence-electron chi connectivity index (χ3n) is 2.26. The molecule has 0 aliphatic heterocycles. The Bertz CT molecular complexity index is 312. The van der Waals surface area contributed by atoms with Gasteiger partial charge in [0.05, 0.1) is 0 Å². The molecule has 0 saturated heterocycles. The second-order valence-electron chi connectivity index (χ2n) is 3.48. The van der Waals surface area contributed by atoms with E-state index in [2.05, 4.69) is 0 Å². The van der Waals surface area contributed by atoms with Crippen molar-refractivity contribution in [3.05, 3.63) is 28.3 Å². The lowest BCUT2D eigenvalue weighted by Gasteiger charge is -2.06. The van der Waals surface area contributed by atoms with Crippen LogP contribution in [0.3, 0.4) is 0 Å². The Hall–Kier alpha value is -0.730. The Morgan fingerprint density at radius 2 is 2.07 bits per heavy atom. The van der Waals surface area contributed by atoms with Gasteiger partial charge in [0, 0.05) is 5.02 Å². The molecule has 0 spiro atoms. The second kappa shape index (κ2) is 5.23. The standard InChI is InChI=1S/C11H16ClNO/c1-8-6-11(14)9(7-10(8)12)4-2-3-5-13/h6-7,14H,2-5,13H2,1H3. The molecular formula is C11H16ClNO. The van der Waals surface area contributed by atoms with E-state index in [9.17, 15) is 5.11 Å². The van der Waals surface area contributed by atoms with Gasteiger partial charge in [-0.2, -0.15) is 0 Å². The van der Waals surface area contributed by atoms with Gasteiger partial charge in [-0.05, 0) is 56.0 Å². The smallest absolute Gasteiger partial charge is 0.119 e. The van der Waals surface area contributed by atoms with Gasteiger partial charge >= 0.3 is 0 Å². The van der Waals surface area contributed by atoms with E-state index in [1.54, 1.807) is 6.07 Å². The molecule has 0 amide bonds. The van der Waals surface area contributed by atoms with Crippen LogP contribution in [-0.4, -0.2) is 11.7 Å². The molecule has 0 radical (unpaired) electrons. The van der Waals surface area contributed by atoms with E-state index in [0.717, 1.165) is 30.4 Å². The van der Waals surface area contributed by atoms with Crippen LogP contribution in [0.5, 0.6) is 5.75 Å². The van der Waals surface area contributed by atoms with E-state index >= 15 is 0 Å². The van der Waals surface area contributed by atoms with Gasteiger partial charge in [-0.25, -0.2) is 0 Å². The molecule has 3 heteroatoms. The molecule has 0 heterocycles. The Labute approximate surface area is 89.7 Å². The highest BCUT2D eigenvalue weighted by molar-refractivity contribution is 6.31. The number of phenolic OH excluding ortho intramolecular Hbond substituents is 1. The van der Waals surface area contributed by atoms with E-state index in [1.165, 1.54) is 0 Å². The van der Waals surface area contributed by atoms with Crippen molar-refractivity contribution >= 4 is 11.6 Å². The van der Waals surface area contributed by atoms with Crippen molar-refractivity contribution in [2.75, 3.05) is 6.54 Å². The number of nitrogens with two attached hydrogens (primary N) is 1. The Morgan fingerprint density at radius 1 is 1.36 bits per heavy atom. The third kappa shape index (κ3) is 2.89. The molecule has 0 unspecified atom stereocenters. The molecule has 2 nitrogen and oxygen atoms in total. The highest BCUT2D eigenvalue weighted by Gasteiger charge is 2.04. The second-order valence-corrected chi connectivity index (χ2v) is 3.88. The van der Waals surface area contributed by atoms with Crippen LogP contribution in [-0.2, 0) is 6.42 Å². The molecule has 0 aliphatic carbocycles. The summed E-state index contributed by atoms with van der Waals surface area (Å²) in [6.45, 7) is 2.58. The van der Waals surface area contributed by atoms with E-state index in [-0.39, 0.29) is 0 Å². The minimum absolute atomic E-state index is 0.337. The third-order valence-corrected chi connectivity index (χ3v) is 2.67. The predicted molar refractivity (Wildman–Crippen MR) is 59.8 cm³/mol. The first-order valence-electron chi connectivity index (χ1n) is 4.83. The summed E-state index contributed by atoms with van der Waals surface area (Å²) in [7, 11) is 0. The molecule has 0 fully saturated rings. The van der Waals surface area contributed by atoms with E-state index in [4.69, 9.17) is 17.3 Å². The van der Waals surface area contributed by atoms with Crippen LogP contribution < -0.4 is 5.73 Å². The Morgan fingerprint density at radius 3 is 2.71 bits per heavy atom. The molecule has 0 aliphatic rings. The van der Waals surface area contributed by atoms with Gasteiger partial charge in [-0.1, -0.05) is 11.6 Å². The molecule has 14 heavy (non-hydrogen) atoms. The molecular weight excluding hydrogens is 198 g/mol. The maximum Gasteiger partial charge on any atom is 0.119 e. The summed E-state index contributed by atoms with van der Waals surface area (Å²) in [6, 6.07) is 3.54. The van der Waals surface area contributed by atoms with Crippen molar-refractivity contribution < 1.29 is 5.11 Å². The van der Waals surface area contributed by atoms with E-state index in [1.807, 2.05) is 13.0 Å². The molecule has 1 aromatic carbocycles. The highest BCUT2D eigenvalue weighted by atomic mass is 35.5. The first kappa shape index (κ1) is 11.3. The zero-order chi connectivity index (χ0) is 10.6. The average molecular weight is 214 g/mol. The number of benzene rings is 1. The number of phenols is 1. The average Bonchev–Trinajstić information content (AvgIpc) is 2.14. The van der Waals surface area contributed by atoms with Crippen LogP contribution in [0.1, 0.15) is 24.0 Å². The molecule has 3 N–H and O–H groups in total. The minimum Gasteiger partial charge on any atom is -0.508 e. The van der Waals surface area contributed by atoms with Crippen molar-refractivity contribution in [3.8, 4) is 5.75 Å². The van der Waals surface area contributed by atoms with Crippen LogP contribution in [0.15, 0.2) is 12.1 Å². The van der Waals surface area contributed by atoms with Gasteiger partial charge in [0.2, 0.25) is 0 Å². The summed E-state index contributed by atoms with van der Waals surface area (Å²) in [5.74, 6) is 0.337. The number of rotatable bonds is 4. The lowest BCUT2D eigenvalue weighted by atomic mass is 10.1. The van der Waals surface area contributed by atoms with Crippen molar-refractivity contribution in [1.82, 2.24) is 0 Å². The number of hydrogen-bond donors (Lipinski definition) is 2. The van der Waals surface area contributed by atoms with Gasteiger partial charge in [0.1, 0.15) is 5.75 Å². The molecule has 1 rings (SSSR count). The Kier molecular flexibility index (Phi) is 4.23. The molecule has 0 saturated carbocycles. The van der Waals surface area contributed by atoms with Crippen LogP contribution in [0, 0.1) is 6.92 Å². The number of unbranched alkanes of at least 4 members (excludes halogenated alkanes) is 1. The summed E-state index contributed by atoms with van der Waals surface area (Å²) >= 11 is 5.96. The van der Waals surface area contributed by atoms with Gasteiger partial charge in [-0.15, -0.1) is 0 Å². The SMILES string of the molecule is Cc1cc(O)c(CCCCN)cc1Cl. The summed E-state index contributed by atoms with van der Waals surface area (Å²) < 4.78 is 0. The van der Waals surface area contributed by atoms with Gasteiger partial charge < -0.3 is 10.8 Å². The van der Waals surface area contributed by atoms with Gasteiger partial charge in [0.25, 0.3) is 0 Å². The first-order chi connectivity index (χ1) is 6.65. The summed E-state index contributed by atoms with van der Waals surface area (Å²) in [5, 5.41) is 10.3. The fourth-order valence-corrected chi connectivity index (χ4v) is 1.55. The molecule has 0 aromatic heterocycles. The maximum atomic E-state index is 9.63. The van der Waals surface area contributed by atoms with Crippen LogP contribution in [0.25, 0.3) is 0 Å². The molecule has 0 bridgehead atoms. The predicted octanol–water partition coefficient (Wildman–Crippen LogP) is 2.64. The largest absolute Gasteiger partial charge is 0.508 e. The summed E-state index contributed by atoms with van der Waals surface area (Å²) in [4.78, 5) is 0. The maximum absolute atomic E-state index is 9.63. The van der Waals surface area contributed by atoms with Crippen molar-refractivity contribution in [1.29, 1.82) is 0 Å². The lowest BCUT2D eigenvalue weighted by molar-refractivity contribution is 0.466. The lowest BCUT2D eigenvalue weighted by Crippen LogP contribution is -1.99. The Balaban J connectivity index is 2.72. The van der Waals surface area contributed by atoms with Gasteiger partial charge in [-0.3, -0.25) is 0 Å². The van der Waals surface area contributed by atoms with Crippen LogP contribution in [0.2, 0.25) is 5.02 Å². The van der Waals surface area contributed by atoms with Crippen molar-refractivity contribution in [2.45, 2.75) is 26.2 Å². The van der Waals surface area contributed by atoms with Crippen LogP contribution >= 0.6 is 11.6 Å². The monoisotopic (exact) mass is 213 g/mol. The van der Waals surface area contributed by atoms with Crippen molar-refractivity contribution in [3.63, 3.8) is 0 Å². The number of halogens is 1. The van der Waals surface area contributed by atoms with E-state index in [0.29, 0.717) is 17.3 Å². The molecule has 1 aromatic rings. The first-order valence-corrected chi connectivity index (χ1v) is 5.21. The van der Waals surface area contributed by atoms with Crippen molar-refractivity contribution in [2.24, 2.45) is 5.73 Å². The normalized spacial score (nSPS) is 10.5. The minimum atomic E-state index is 0.337. The molecule has 0 atom stereocenters. The fraction of sp³-hybridized carbons (Fsp3) is 0.455. The van der Waals surface area contributed by atoms with E-state index < -0.39 is 0 Å².